The first-order valence-electron chi connectivity index (χ1n) is 7.05. The van der Waals surface area contributed by atoms with E-state index in [1.165, 1.54) is 0 Å². The zero-order valence-corrected chi connectivity index (χ0v) is 12.2. The van der Waals surface area contributed by atoms with Gasteiger partial charge in [0.15, 0.2) is 0 Å². The van der Waals surface area contributed by atoms with Crippen molar-refractivity contribution >= 4 is 17.7 Å². The average Bonchev–Trinajstić information content (AvgIpc) is 2.42. The van der Waals surface area contributed by atoms with Crippen LogP contribution in [0.3, 0.4) is 0 Å². The molecule has 0 atom stereocenters. The summed E-state index contributed by atoms with van der Waals surface area (Å²) in [5.74, 6) is -0.899. The first-order chi connectivity index (χ1) is 10.1. The van der Waals surface area contributed by atoms with Gasteiger partial charge < -0.3 is 20.5 Å². The first kappa shape index (κ1) is 17.0. The number of amides is 2. The van der Waals surface area contributed by atoms with Crippen molar-refractivity contribution in [1.82, 2.24) is 5.32 Å². The molecule has 0 heterocycles. The standard InChI is InChI=1S/C15H22N2O4/c1-2-8-21-9-4-7-16-15(20)17-13-6-3-5-12(10-13)11-14(18)19/h3,5-6,10H,2,4,7-9,11H2,1H3,(H,18,19)(H2,16,17,20). The maximum Gasteiger partial charge on any atom is 0.319 e. The molecule has 0 radical (unpaired) electrons. The Labute approximate surface area is 124 Å². The number of carboxylic acid groups (broad SMARTS) is 1. The van der Waals surface area contributed by atoms with Crippen molar-refractivity contribution < 1.29 is 19.4 Å². The monoisotopic (exact) mass is 294 g/mol. The number of rotatable bonds is 9. The van der Waals surface area contributed by atoms with E-state index in [0.717, 1.165) is 19.4 Å². The summed E-state index contributed by atoms with van der Waals surface area (Å²) in [5.41, 5.74) is 1.22. The number of nitrogens with one attached hydrogen (secondary N) is 2. The summed E-state index contributed by atoms with van der Waals surface area (Å²) in [4.78, 5) is 22.3. The van der Waals surface area contributed by atoms with Gasteiger partial charge in [-0.25, -0.2) is 4.79 Å². The molecule has 0 bridgehead atoms. The van der Waals surface area contributed by atoms with Crippen molar-refractivity contribution in [2.24, 2.45) is 0 Å². The second-order valence-electron chi connectivity index (χ2n) is 4.62. The summed E-state index contributed by atoms with van der Waals surface area (Å²) in [6.45, 7) is 3.94. The molecule has 6 nitrogen and oxygen atoms in total. The Balaban J connectivity index is 2.29. The maximum atomic E-state index is 11.7. The van der Waals surface area contributed by atoms with Gasteiger partial charge in [-0.15, -0.1) is 0 Å². The summed E-state index contributed by atoms with van der Waals surface area (Å²) in [6, 6.07) is 6.49. The number of ether oxygens (including phenoxy) is 1. The zero-order valence-electron chi connectivity index (χ0n) is 12.2. The van der Waals surface area contributed by atoms with Crippen LogP contribution < -0.4 is 10.6 Å². The van der Waals surface area contributed by atoms with Crippen LogP contribution >= 0.6 is 0 Å². The van der Waals surface area contributed by atoms with E-state index in [-0.39, 0.29) is 12.5 Å². The minimum absolute atomic E-state index is 0.0636. The predicted octanol–water partition coefficient (Wildman–Crippen LogP) is 2.25. The van der Waals surface area contributed by atoms with Gasteiger partial charge in [0.25, 0.3) is 0 Å². The van der Waals surface area contributed by atoms with Crippen LogP contribution in [0.25, 0.3) is 0 Å². The van der Waals surface area contributed by atoms with Gasteiger partial charge in [-0.3, -0.25) is 4.79 Å². The molecular formula is C15H22N2O4. The fraction of sp³-hybridized carbons (Fsp3) is 0.467. The van der Waals surface area contributed by atoms with Crippen molar-refractivity contribution in [2.75, 3.05) is 25.1 Å². The van der Waals surface area contributed by atoms with E-state index < -0.39 is 5.97 Å². The number of hydrogen-bond acceptors (Lipinski definition) is 3. The summed E-state index contributed by atoms with van der Waals surface area (Å²) in [5, 5.41) is 14.1. The lowest BCUT2D eigenvalue weighted by Gasteiger charge is -2.08. The van der Waals surface area contributed by atoms with Crippen LogP contribution in [0.15, 0.2) is 24.3 Å². The van der Waals surface area contributed by atoms with Crippen LogP contribution in [-0.4, -0.2) is 36.9 Å². The lowest BCUT2D eigenvalue weighted by atomic mass is 10.1. The molecule has 1 rings (SSSR count). The van der Waals surface area contributed by atoms with Gasteiger partial charge in [-0.1, -0.05) is 19.1 Å². The minimum atomic E-state index is -0.899. The summed E-state index contributed by atoms with van der Waals surface area (Å²) in [6.07, 6.45) is 1.68. The lowest BCUT2D eigenvalue weighted by molar-refractivity contribution is -0.136. The van der Waals surface area contributed by atoms with Crippen LogP contribution in [0, 0.1) is 0 Å². The molecule has 6 heteroatoms. The van der Waals surface area contributed by atoms with Gasteiger partial charge >= 0.3 is 12.0 Å². The molecule has 0 saturated carbocycles. The molecule has 0 unspecified atom stereocenters. The Hall–Kier alpha value is -2.08. The third-order valence-electron chi connectivity index (χ3n) is 2.64. The SMILES string of the molecule is CCCOCCCNC(=O)Nc1cccc(CC(=O)O)c1. The van der Waals surface area contributed by atoms with Gasteiger partial charge in [0.05, 0.1) is 6.42 Å². The van der Waals surface area contributed by atoms with E-state index in [1.54, 1.807) is 24.3 Å². The fourth-order valence-electron chi connectivity index (χ4n) is 1.73. The Morgan fingerprint density at radius 2 is 2.10 bits per heavy atom. The molecule has 1 aromatic carbocycles. The van der Waals surface area contributed by atoms with Gasteiger partial charge in [0.1, 0.15) is 0 Å². The minimum Gasteiger partial charge on any atom is -0.481 e. The molecule has 0 aromatic heterocycles. The van der Waals surface area contributed by atoms with E-state index in [1.807, 2.05) is 6.92 Å². The van der Waals surface area contributed by atoms with Crippen molar-refractivity contribution in [3.05, 3.63) is 29.8 Å². The smallest absolute Gasteiger partial charge is 0.319 e. The molecule has 2 amide bonds. The normalized spacial score (nSPS) is 10.1. The number of aliphatic carboxylic acids is 1. The summed E-state index contributed by atoms with van der Waals surface area (Å²) in [7, 11) is 0. The average molecular weight is 294 g/mol. The second-order valence-corrected chi connectivity index (χ2v) is 4.62. The molecule has 0 saturated heterocycles. The van der Waals surface area contributed by atoms with Crippen LogP contribution in [0.2, 0.25) is 0 Å². The molecule has 0 aliphatic heterocycles. The van der Waals surface area contributed by atoms with E-state index >= 15 is 0 Å². The van der Waals surface area contributed by atoms with E-state index in [0.29, 0.717) is 24.4 Å². The molecule has 0 fully saturated rings. The quantitative estimate of drug-likeness (QED) is 0.610. The zero-order chi connectivity index (χ0) is 15.5. The third kappa shape index (κ3) is 7.94. The summed E-state index contributed by atoms with van der Waals surface area (Å²) < 4.78 is 5.31. The molecule has 0 aliphatic carbocycles. The second kappa shape index (κ2) is 9.77. The van der Waals surface area contributed by atoms with Gasteiger partial charge in [-0.05, 0) is 30.5 Å². The highest BCUT2D eigenvalue weighted by atomic mass is 16.5. The maximum absolute atomic E-state index is 11.7. The molecule has 0 spiro atoms. The van der Waals surface area contributed by atoms with Crippen molar-refractivity contribution in [3.63, 3.8) is 0 Å². The number of urea groups is 1. The number of carbonyl (C=O) groups excluding carboxylic acids is 1. The highest BCUT2D eigenvalue weighted by Gasteiger charge is 2.04. The van der Waals surface area contributed by atoms with Crippen LogP contribution in [0.4, 0.5) is 10.5 Å². The van der Waals surface area contributed by atoms with Crippen molar-refractivity contribution in [2.45, 2.75) is 26.2 Å². The van der Waals surface area contributed by atoms with Crippen LogP contribution in [0.5, 0.6) is 0 Å². The van der Waals surface area contributed by atoms with E-state index in [9.17, 15) is 9.59 Å². The Kier molecular flexibility index (Phi) is 7.89. The molecule has 0 aliphatic rings. The molecule has 21 heavy (non-hydrogen) atoms. The highest BCUT2D eigenvalue weighted by Crippen LogP contribution is 2.11. The Morgan fingerprint density at radius 3 is 2.81 bits per heavy atom. The van der Waals surface area contributed by atoms with Gasteiger partial charge in [0, 0.05) is 25.4 Å². The lowest BCUT2D eigenvalue weighted by Crippen LogP contribution is -2.30. The van der Waals surface area contributed by atoms with Crippen molar-refractivity contribution in [1.29, 1.82) is 0 Å². The number of benzene rings is 1. The Morgan fingerprint density at radius 1 is 1.29 bits per heavy atom. The molecule has 3 N–H and O–H groups in total. The molecular weight excluding hydrogens is 272 g/mol. The van der Waals surface area contributed by atoms with E-state index in [2.05, 4.69) is 10.6 Å². The van der Waals surface area contributed by atoms with Crippen LogP contribution in [-0.2, 0) is 16.0 Å². The fourth-order valence-corrected chi connectivity index (χ4v) is 1.73. The number of hydrogen-bond donors (Lipinski definition) is 3. The Bertz CT molecular complexity index is 463. The largest absolute Gasteiger partial charge is 0.481 e. The molecule has 1 aromatic rings. The predicted molar refractivity (Wildman–Crippen MR) is 80.5 cm³/mol. The van der Waals surface area contributed by atoms with Crippen molar-refractivity contribution in [3.8, 4) is 0 Å². The third-order valence-corrected chi connectivity index (χ3v) is 2.64. The van der Waals surface area contributed by atoms with Crippen LogP contribution in [0.1, 0.15) is 25.3 Å². The highest BCUT2D eigenvalue weighted by molar-refractivity contribution is 5.89. The number of carbonyl (C=O) groups is 2. The molecule has 116 valence electrons. The van der Waals surface area contributed by atoms with Gasteiger partial charge in [0.2, 0.25) is 0 Å². The van der Waals surface area contributed by atoms with Gasteiger partial charge in [-0.2, -0.15) is 0 Å². The topological polar surface area (TPSA) is 87.7 Å². The first-order valence-corrected chi connectivity index (χ1v) is 7.05. The van der Waals surface area contributed by atoms with E-state index in [4.69, 9.17) is 9.84 Å². The number of anilines is 1. The summed E-state index contributed by atoms with van der Waals surface area (Å²) >= 11 is 0. The number of carboxylic acids is 1.